The zero-order chi connectivity index (χ0) is 27.6. The fourth-order valence-electron chi connectivity index (χ4n) is 6.22. The van der Waals surface area contributed by atoms with Crippen LogP contribution in [0.2, 0.25) is 0 Å². The Balaban J connectivity index is 1.29. The Hall–Kier alpha value is -3.76. The summed E-state index contributed by atoms with van der Waals surface area (Å²) in [5, 5.41) is 9.29. The molecule has 6 rings (SSSR count). The number of para-hydroxylation sites is 1. The number of hydrogen-bond acceptors (Lipinski definition) is 8. The lowest BCUT2D eigenvalue weighted by Gasteiger charge is -2.41. The molecule has 0 spiro atoms. The van der Waals surface area contributed by atoms with Crippen LogP contribution in [0.5, 0.6) is 5.75 Å². The van der Waals surface area contributed by atoms with Gasteiger partial charge < -0.3 is 20.7 Å². The van der Waals surface area contributed by atoms with Crippen molar-refractivity contribution in [3.8, 4) is 17.0 Å². The Kier molecular flexibility index (Phi) is 7.53. The Morgan fingerprint density at radius 1 is 0.975 bits per heavy atom. The topological polar surface area (TPSA) is 97.4 Å². The van der Waals surface area contributed by atoms with Gasteiger partial charge in [-0.15, -0.1) is 0 Å². The third-order valence-corrected chi connectivity index (χ3v) is 8.52. The SMILES string of the molecule is COc1cccc(F)c1CNc1ccccc1-c1nn(C2CCC(N3CCN(C)CC3)CC2)c2ncnc(N)c12. The summed E-state index contributed by atoms with van der Waals surface area (Å²) >= 11 is 0. The van der Waals surface area contributed by atoms with Gasteiger partial charge in [0.15, 0.2) is 5.65 Å². The fourth-order valence-corrected chi connectivity index (χ4v) is 6.22. The summed E-state index contributed by atoms with van der Waals surface area (Å²) in [6.07, 6.45) is 5.90. The van der Waals surface area contributed by atoms with Gasteiger partial charge in [0.25, 0.3) is 0 Å². The standard InChI is InChI=1S/C30H37FN8O/c1-37-14-16-38(17-15-37)20-10-12-21(13-11-20)39-30-27(29(32)34-19-35-30)28(36-39)22-6-3-4-8-25(22)33-18-23-24(31)7-5-9-26(23)40-2/h3-9,19-21,33H,10-18H2,1-2H3,(H2,32,34,35). The molecule has 0 unspecified atom stereocenters. The predicted octanol–water partition coefficient (Wildman–Crippen LogP) is 4.57. The number of anilines is 2. The molecule has 0 amide bonds. The van der Waals surface area contributed by atoms with Gasteiger partial charge >= 0.3 is 0 Å². The van der Waals surface area contributed by atoms with E-state index in [9.17, 15) is 4.39 Å². The smallest absolute Gasteiger partial charge is 0.164 e. The number of nitrogens with zero attached hydrogens (tertiary/aromatic N) is 6. The zero-order valence-electron chi connectivity index (χ0n) is 23.2. The average Bonchev–Trinajstić information content (AvgIpc) is 3.38. The lowest BCUT2D eigenvalue weighted by Crippen LogP contribution is -2.49. The summed E-state index contributed by atoms with van der Waals surface area (Å²) in [4.78, 5) is 14.0. The van der Waals surface area contributed by atoms with Crippen molar-refractivity contribution in [2.75, 3.05) is 51.4 Å². The van der Waals surface area contributed by atoms with Crippen LogP contribution in [0.3, 0.4) is 0 Å². The summed E-state index contributed by atoms with van der Waals surface area (Å²) in [6, 6.07) is 13.6. The highest BCUT2D eigenvalue weighted by molar-refractivity contribution is 6.00. The molecule has 0 atom stereocenters. The maximum Gasteiger partial charge on any atom is 0.164 e. The summed E-state index contributed by atoms with van der Waals surface area (Å²) in [7, 11) is 3.75. The number of nitrogens with one attached hydrogen (secondary N) is 1. The van der Waals surface area contributed by atoms with Crippen LogP contribution in [0.4, 0.5) is 15.9 Å². The molecule has 0 bridgehead atoms. The van der Waals surface area contributed by atoms with E-state index in [1.54, 1.807) is 19.2 Å². The second-order valence-corrected chi connectivity index (χ2v) is 10.9. The summed E-state index contributed by atoms with van der Waals surface area (Å²) < 4.78 is 22.1. The van der Waals surface area contributed by atoms with Gasteiger partial charge in [0.2, 0.25) is 0 Å². The first-order valence-corrected chi connectivity index (χ1v) is 14.1. The minimum Gasteiger partial charge on any atom is -0.496 e. The molecule has 2 aliphatic rings. The summed E-state index contributed by atoms with van der Waals surface area (Å²) in [5.41, 5.74) is 10.1. The number of likely N-dealkylation sites (N-methyl/N-ethyl adjacent to an activating group) is 1. The molecular weight excluding hydrogens is 507 g/mol. The fraction of sp³-hybridized carbons (Fsp3) is 0.433. The zero-order valence-corrected chi connectivity index (χ0v) is 23.2. The molecule has 3 heterocycles. The number of methoxy groups -OCH3 is 1. The normalized spacial score (nSPS) is 20.6. The molecule has 0 radical (unpaired) electrons. The Morgan fingerprint density at radius 3 is 2.50 bits per heavy atom. The molecule has 40 heavy (non-hydrogen) atoms. The second-order valence-electron chi connectivity index (χ2n) is 10.9. The first-order valence-electron chi connectivity index (χ1n) is 14.1. The molecular formula is C30H37FN8O. The van der Waals surface area contributed by atoms with Gasteiger partial charge in [0.05, 0.1) is 18.5 Å². The van der Waals surface area contributed by atoms with E-state index in [1.165, 1.54) is 12.4 Å². The maximum atomic E-state index is 14.6. The lowest BCUT2D eigenvalue weighted by atomic mass is 9.90. The van der Waals surface area contributed by atoms with Crippen molar-refractivity contribution in [3.63, 3.8) is 0 Å². The molecule has 2 aromatic carbocycles. The minimum atomic E-state index is -0.316. The highest BCUT2D eigenvalue weighted by atomic mass is 19.1. The van der Waals surface area contributed by atoms with Crippen molar-refractivity contribution in [1.29, 1.82) is 0 Å². The number of hydrogen-bond donors (Lipinski definition) is 2. The molecule has 2 aromatic heterocycles. The van der Waals surface area contributed by atoms with Crippen molar-refractivity contribution in [2.45, 2.75) is 44.3 Å². The maximum absolute atomic E-state index is 14.6. The quantitative estimate of drug-likeness (QED) is 0.349. The second kappa shape index (κ2) is 11.4. The molecule has 1 saturated carbocycles. The van der Waals surface area contributed by atoms with E-state index in [4.69, 9.17) is 15.6 Å². The van der Waals surface area contributed by atoms with E-state index in [-0.39, 0.29) is 18.4 Å². The van der Waals surface area contributed by atoms with Crippen LogP contribution in [0.15, 0.2) is 48.8 Å². The highest BCUT2D eigenvalue weighted by Gasteiger charge is 2.31. The largest absolute Gasteiger partial charge is 0.496 e. The van der Waals surface area contributed by atoms with Crippen LogP contribution in [0.25, 0.3) is 22.3 Å². The molecule has 10 heteroatoms. The van der Waals surface area contributed by atoms with Gasteiger partial charge in [-0.3, -0.25) is 4.90 Å². The highest BCUT2D eigenvalue weighted by Crippen LogP contribution is 2.39. The van der Waals surface area contributed by atoms with Crippen molar-refractivity contribution < 1.29 is 9.13 Å². The molecule has 210 valence electrons. The number of nitrogens with two attached hydrogens (primary N) is 1. The molecule has 4 aromatic rings. The minimum absolute atomic E-state index is 0.247. The third-order valence-electron chi connectivity index (χ3n) is 8.52. The van der Waals surface area contributed by atoms with Crippen LogP contribution >= 0.6 is 0 Å². The first-order chi connectivity index (χ1) is 19.5. The van der Waals surface area contributed by atoms with E-state index >= 15 is 0 Å². The number of ether oxygens (including phenoxy) is 1. The summed E-state index contributed by atoms with van der Waals surface area (Å²) in [5.74, 6) is 0.594. The number of piperazine rings is 1. The van der Waals surface area contributed by atoms with Gasteiger partial charge in [-0.2, -0.15) is 5.10 Å². The molecule has 1 aliphatic heterocycles. The average molecular weight is 545 g/mol. The number of aromatic nitrogens is 4. The van der Waals surface area contributed by atoms with Crippen LogP contribution in [0.1, 0.15) is 37.3 Å². The van der Waals surface area contributed by atoms with Gasteiger partial charge in [-0.25, -0.2) is 19.0 Å². The molecule has 9 nitrogen and oxygen atoms in total. The van der Waals surface area contributed by atoms with Crippen LogP contribution in [-0.4, -0.2) is 75.9 Å². The van der Waals surface area contributed by atoms with Crippen LogP contribution in [0, 0.1) is 5.82 Å². The lowest BCUT2D eigenvalue weighted by molar-refractivity contribution is 0.0815. The molecule has 1 saturated heterocycles. The van der Waals surface area contributed by atoms with Crippen LogP contribution < -0.4 is 15.8 Å². The van der Waals surface area contributed by atoms with Crippen molar-refractivity contribution in [2.24, 2.45) is 0 Å². The van der Waals surface area contributed by atoms with Crippen molar-refractivity contribution in [1.82, 2.24) is 29.5 Å². The van der Waals surface area contributed by atoms with Crippen LogP contribution in [-0.2, 0) is 6.54 Å². The predicted molar refractivity (Wildman–Crippen MR) is 156 cm³/mol. The number of nitrogen functional groups attached to an aromatic ring is 1. The van der Waals surface area contributed by atoms with Gasteiger partial charge in [0.1, 0.15) is 29.4 Å². The molecule has 3 N–H and O–H groups in total. The number of fused-ring (bicyclic) bond motifs is 1. The monoisotopic (exact) mass is 544 g/mol. The van der Waals surface area contributed by atoms with Crippen molar-refractivity contribution >= 4 is 22.5 Å². The van der Waals surface area contributed by atoms with E-state index in [1.807, 2.05) is 24.3 Å². The van der Waals surface area contributed by atoms with Crippen molar-refractivity contribution in [3.05, 3.63) is 60.2 Å². The Bertz CT molecular complexity index is 1470. The van der Waals surface area contributed by atoms with E-state index in [0.717, 1.165) is 79.8 Å². The van der Waals surface area contributed by atoms with E-state index in [0.29, 0.717) is 23.2 Å². The number of benzene rings is 2. The molecule has 2 fully saturated rings. The van der Waals surface area contributed by atoms with Gasteiger partial charge in [0, 0.05) is 55.6 Å². The number of rotatable bonds is 7. The summed E-state index contributed by atoms with van der Waals surface area (Å²) in [6.45, 7) is 4.83. The van der Waals surface area contributed by atoms with E-state index < -0.39 is 0 Å². The van der Waals surface area contributed by atoms with Gasteiger partial charge in [-0.05, 0) is 50.9 Å². The number of halogens is 1. The van der Waals surface area contributed by atoms with E-state index in [2.05, 4.69) is 36.8 Å². The first kappa shape index (κ1) is 26.5. The Labute approximate surface area is 234 Å². The van der Waals surface area contributed by atoms with Gasteiger partial charge in [-0.1, -0.05) is 24.3 Å². The Morgan fingerprint density at radius 2 is 1.73 bits per heavy atom. The third kappa shape index (κ3) is 5.09. The molecule has 1 aliphatic carbocycles.